The smallest absolute Gasteiger partial charge is 0.264 e. The van der Waals surface area contributed by atoms with Crippen molar-refractivity contribution < 1.29 is 9.59 Å². The van der Waals surface area contributed by atoms with E-state index in [1.165, 1.54) is 16.2 Å². The third-order valence-corrected chi connectivity index (χ3v) is 3.62. The number of carbonyl (C=O) groups is 2. The summed E-state index contributed by atoms with van der Waals surface area (Å²) in [4.78, 5) is 32.9. The van der Waals surface area contributed by atoms with E-state index in [4.69, 9.17) is 0 Å². The molecule has 0 aliphatic rings. The molecule has 1 unspecified atom stereocenters. The molecule has 0 fully saturated rings. The molecule has 2 aromatic heterocycles. The lowest BCUT2D eigenvalue weighted by Gasteiger charge is -2.17. The molecular weight excluding hydrogens is 276 g/mol. The van der Waals surface area contributed by atoms with Crippen molar-refractivity contribution in [1.82, 2.24) is 20.2 Å². The van der Waals surface area contributed by atoms with Gasteiger partial charge in [0.25, 0.3) is 5.91 Å². The van der Waals surface area contributed by atoms with Crippen molar-refractivity contribution in [3.05, 3.63) is 40.6 Å². The van der Waals surface area contributed by atoms with Crippen LogP contribution in [0.1, 0.15) is 28.5 Å². The summed E-state index contributed by atoms with van der Waals surface area (Å²) in [6, 6.07) is 3.33. The predicted molar refractivity (Wildman–Crippen MR) is 76.4 cm³/mol. The second-order valence-corrected chi connectivity index (χ2v) is 5.35. The molecule has 0 radical (unpaired) electrons. The molecule has 2 rings (SSSR count). The van der Waals surface area contributed by atoms with Gasteiger partial charge in [-0.1, -0.05) is 6.07 Å². The van der Waals surface area contributed by atoms with Crippen molar-refractivity contribution >= 4 is 23.2 Å². The Balaban J connectivity index is 1.86. The molecule has 2 amide bonds. The van der Waals surface area contributed by atoms with E-state index in [9.17, 15) is 9.59 Å². The third kappa shape index (κ3) is 3.45. The van der Waals surface area contributed by atoms with Gasteiger partial charge in [0, 0.05) is 19.4 Å². The molecule has 0 aliphatic carbocycles. The van der Waals surface area contributed by atoms with Crippen molar-refractivity contribution in [2.75, 3.05) is 13.6 Å². The van der Waals surface area contributed by atoms with E-state index in [1.54, 1.807) is 25.5 Å². The van der Waals surface area contributed by atoms with E-state index >= 15 is 0 Å². The fraction of sp³-hybridized carbons (Fsp3) is 0.308. The maximum atomic E-state index is 12.0. The zero-order valence-corrected chi connectivity index (χ0v) is 12.1. The zero-order chi connectivity index (χ0) is 14.5. The van der Waals surface area contributed by atoms with Crippen molar-refractivity contribution in [3.63, 3.8) is 0 Å². The number of imidazole rings is 1. The maximum absolute atomic E-state index is 12.0. The lowest BCUT2D eigenvalue weighted by atomic mass is 10.3. The van der Waals surface area contributed by atoms with Crippen LogP contribution < -0.4 is 5.32 Å². The van der Waals surface area contributed by atoms with Crippen LogP contribution in [0.4, 0.5) is 0 Å². The van der Waals surface area contributed by atoms with Crippen LogP contribution in [0, 0.1) is 0 Å². The molecule has 2 aromatic rings. The number of aromatic nitrogens is 2. The second kappa shape index (κ2) is 6.33. The molecule has 2 heterocycles. The van der Waals surface area contributed by atoms with Gasteiger partial charge in [-0.3, -0.25) is 9.59 Å². The Morgan fingerprint density at radius 2 is 2.35 bits per heavy atom. The van der Waals surface area contributed by atoms with Crippen LogP contribution in [0.3, 0.4) is 0 Å². The minimum Gasteiger partial charge on any atom is -0.347 e. The number of thiophene rings is 1. The van der Waals surface area contributed by atoms with Crippen molar-refractivity contribution in [3.8, 4) is 0 Å². The van der Waals surface area contributed by atoms with Crippen LogP contribution in [0.2, 0.25) is 0 Å². The molecule has 106 valence electrons. The van der Waals surface area contributed by atoms with Gasteiger partial charge >= 0.3 is 0 Å². The monoisotopic (exact) mass is 292 g/mol. The number of hydrogen-bond acceptors (Lipinski definition) is 4. The number of likely N-dealkylation sites (N-methyl/N-ethyl adjacent to an activating group) is 1. The summed E-state index contributed by atoms with van der Waals surface area (Å²) in [5.74, 6) is 0.313. The van der Waals surface area contributed by atoms with Crippen LogP contribution in [-0.2, 0) is 4.79 Å². The Kier molecular flexibility index (Phi) is 4.52. The van der Waals surface area contributed by atoms with Crippen LogP contribution >= 0.6 is 11.3 Å². The molecule has 1 atom stereocenters. The molecule has 0 spiro atoms. The molecule has 0 aromatic carbocycles. The topological polar surface area (TPSA) is 78.1 Å². The lowest BCUT2D eigenvalue weighted by molar-refractivity contribution is -0.122. The Hall–Kier alpha value is -2.15. The number of hydrogen-bond donors (Lipinski definition) is 2. The summed E-state index contributed by atoms with van der Waals surface area (Å²) in [5, 5.41) is 4.62. The van der Waals surface area contributed by atoms with Gasteiger partial charge in [0.1, 0.15) is 5.82 Å². The van der Waals surface area contributed by atoms with E-state index in [-0.39, 0.29) is 24.4 Å². The number of aromatic amines is 1. The molecule has 0 saturated heterocycles. The van der Waals surface area contributed by atoms with Crippen molar-refractivity contribution in [2.45, 2.75) is 13.0 Å². The minimum atomic E-state index is -0.221. The fourth-order valence-electron chi connectivity index (χ4n) is 1.75. The van der Waals surface area contributed by atoms with Gasteiger partial charge in [0.15, 0.2) is 0 Å². The normalized spacial score (nSPS) is 11.9. The zero-order valence-electron chi connectivity index (χ0n) is 11.3. The average Bonchev–Trinajstić information content (AvgIpc) is 3.10. The molecule has 0 aliphatic heterocycles. The van der Waals surface area contributed by atoms with E-state index in [1.807, 2.05) is 18.4 Å². The van der Waals surface area contributed by atoms with Gasteiger partial charge in [-0.05, 0) is 18.4 Å². The summed E-state index contributed by atoms with van der Waals surface area (Å²) >= 11 is 1.36. The van der Waals surface area contributed by atoms with Crippen LogP contribution in [0.25, 0.3) is 0 Å². The highest BCUT2D eigenvalue weighted by Crippen LogP contribution is 2.11. The molecule has 2 N–H and O–H groups in total. The number of carbonyl (C=O) groups excluding carboxylic acids is 2. The quantitative estimate of drug-likeness (QED) is 0.875. The fourth-order valence-corrected chi connectivity index (χ4v) is 2.46. The summed E-state index contributed by atoms with van der Waals surface area (Å²) in [5.41, 5.74) is 0. The Morgan fingerprint density at radius 1 is 1.55 bits per heavy atom. The van der Waals surface area contributed by atoms with Gasteiger partial charge in [0.2, 0.25) is 5.91 Å². The largest absolute Gasteiger partial charge is 0.347 e. The summed E-state index contributed by atoms with van der Waals surface area (Å²) in [6.45, 7) is 1.85. The predicted octanol–water partition coefficient (Wildman–Crippen LogP) is 1.42. The highest BCUT2D eigenvalue weighted by Gasteiger charge is 2.17. The second-order valence-electron chi connectivity index (χ2n) is 4.40. The molecule has 0 bridgehead atoms. The van der Waals surface area contributed by atoms with E-state index < -0.39 is 0 Å². The maximum Gasteiger partial charge on any atom is 0.264 e. The number of amides is 2. The van der Waals surface area contributed by atoms with Crippen molar-refractivity contribution in [1.29, 1.82) is 0 Å². The van der Waals surface area contributed by atoms with Gasteiger partial charge in [-0.15, -0.1) is 11.3 Å². The molecule has 0 saturated carbocycles. The molecule has 20 heavy (non-hydrogen) atoms. The molecular formula is C13H16N4O2S. The Bertz CT molecular complexity index is 565. The standard InChI is InChI=1S/C13H16N4O2S/c1-9(12-14-5-6-15-12)16-11(18)8-17(2)13(19)10-4-3-7-20-10/h3-7,9H,8H2,1-2H3,(H,14,15)(H,16,18). The first kappa shape index (κ1) is 14.3. The minimum absolute atomic E-state index is 0.0157. The molecule has 7 heteroatoms. The van der Waals surface area contributed by atoms with Crippen molar-refractivity contribution in [2.24, 2.45) is 0 Å². The first-order valence-corrected chi connectivity index (χ1v) is 7.03. The lowest BCUT2D eigenvalue weighted by Crippen LogP contribution is -2.39. The number of nitrogens with one attached hydrogen (secondary N) is 2. The summed E-state index contributed by atoms with van der Waals surface area (Å²) < 4.78 is 0. The summed E-state index contributed by atoms with van der Waals surface area (Å²) in [6.07, 6.45) is 3.33. The number of nitrogens with zero attached hydrogens (tertiary/aromatic N) is 2. The van der Waals surface area contributed by atoms with Crippen LogP contribution in [-0.4, -0.2) is 40.3 Å². The Labute approximate surface area is 120 Å². The number of rotatable bonds is 5. The third-order valence-electron chi connectivity index (χ3n) is 2.77. The highest BCUT2D eigenvalue weighted by molar-refractivity contribution is 7.12. The van der Waals surface area contributed by atoms with Gasteiger partial charge in [-0.2, -0.15) is 0 Å². The van der Waals surface area contributed by atoms with Gasteiger partial charge < -0.3 is 15.2 Å². The first-order chi connectivity index (χ1) is 9.58. The number of H-pyrrole nitrogens is 1. The SMILES string of the molecule is CC(NC(=O)CN(C)C(=O)c1cccs1)c1ncc[nH]1. The highest BCUT2D eigenvalue weighted by atomic mass is 32.1. The summed E-state index contributed by atoms with van der Waals surface area (Å²) in [7, 11) is 1.61. The average molecular weight is 292 g/mol. The molecule has 6 nitrogen and oxygen atoms in total. The first-order valence-electron chi connectivity index (χ1n) is 6.15. The van der Waals surface area contributed by atoms with E-state index in [0.717, 1.165) is 0 Å². The Morgan fingerprint density at radius 3 is 2.95 bits per heavy atom. The van der Waals surface area contributed by atoms with Gasteiger partial charge in [0.05, 0.1) is 17.5 Å². The van der Waals surface area contributed by atoms with Crippen LogP contribution in [0.5, 0.6) is 0 Å². The van der Waals surface area contributed by atoms with Gasteiger partial charge in [-0.25, -0.2) is 4.98 Å². The van der Waals surface area contributed by atoms with Crippen LogP contribution in [0.15, 0.2) is 29.9 Å². The van der Waals surface area contributed by atoms with E-state index in [2.05, 4.69) is 15.3 Å². The van der Waals surface area contributed by atoms with E-state index in [0.29, 0.717) is 10.7 Å².